The topological polar surface area (TPSA) is 30.9 Å². The highest BCUT2D eigenvalue weighted by molar-refractivity contribution is 9.11. The molecule has 2 nitrogen and oxygen atoms in total. The SMILES string of the molecule is Cc1ccc(-c2ccccc2)n1-c1cc(Br)c(N)c(Br)c1. The lowest BCUT2D eigenvalue weighted by atomic mass is 10.1. The number of benzene rings is 2. The van der Waals surface area contributed by atoms with Crippen molar-refractivity contribution in [3.8, 4) is 16.9 Å². The molecule has 4 heteroatoms. The summed E-state index contributed by atoms with van der Waals surface area (Å²) >= 11 is 7.04. The lowest BCUT2D eigenvalue weighted by Gasteiger charge is -2.14. The van der Waals surface area contributed by atoms with E-state index in [0.29, 0.717) is 5.69 Å². The summed E-state index contributed by atoms with van der Waals surface area (Å²) in [5.41, 5.74) is 11.3. The molecule has 2 N–H and O–H groups in total. The Morgan fingerprint density at radius 2 is 1.52 bits per heavy atom. The highest BCUT2D eigenvalue weighted by Crippen LogP contribution is 2.34. The number of rotatable bonds is 2. The molecule has 0 amide bonds. The number of nitrogen functional groups attached to an aromatic ring is 1. The van der Waals surface area contributed by atoms with Crippen LogP contribution in [-0.2, 0) is 0 Å². The van der Waals surface area contributed by atoms with Crippen LogP contribution in [0.15, 0.2) is 63.5 Å². The molecule has 2 aromatic carbocycles. The molecule has 1 aromatic heterocycles. The van der Waals surface area contributed by atoms with Gasteiger partial charge in [-0.1, -0.05) is 30.3 Å². The minimum atomic E-state index is 0.713. The summed E-state index contributed by atoms with van der Waals surface area (Å²) in [6.45, 7) is 2.10. The molecule has 0 aliphatic rings. The normalized spacial score (nSPS) is 10.8. The number of aromatic nitrogens is 1. The van der Waals surface area contributed by atoms with Gasteiger partial charge in [0.05, 0.1) is 11.4 Å². The molecule has 0 spiro atoms. The molecule has 0 fully saturated rings. The maximum Gasteiger partial charge on any atom is 0.0604 e. The summed E-state index contributed by atoms with van der Waals surface area (Å²) < 4.78 is 4.00. The van der Waals surface area contributed by atoms with Crippen LogP contribution < -0.4 is 5.73 Å². The zero-order valence-electron chi connectivity index (χ0n) is 11.5. The van der Waals surface area contributed by atoms with E-state index in [1.54, 1.807) is 0 Å². The highest BCUT2D eigenvalue weighted by atomic mass is 79.9. The van der Waals surface area contributed by atoms with Crippen LogP contribution in [-0.4, -0.2) is 4.57 Å². The van der Waals surface area contributed by atoms with Crippen molar-refractivity contribution in [2.75, 3.05) is 5.73 Å². The molecule has 21 heavy (non-hydrogen) atoms. The van der Waals surface area contributed by atoms with E-state index in [1.165, 1.54) is 11.3 Å². The molecule has 0 radical (unpaired) electrons. The Labute approximate surface area is 140 Å². The van der Waals surface area contributed by atoms with Crippen LogP contribution >= 0.6 is 31.9 Å². The number of aryl methyl sites for hydroxylation is 1. The van der Waals surface area contributed by atoms with Gasteiger partial charge in [-0.25, -0.2) is 0 Å². The summed E-state index contributed by atoms with van der Waals surface area (Å²) in [5.74, 6) is 0. The van der Waals surface area contributed by atoms with Crippen LogP contribution in [0, 0.1) is 6.92 Å². The third-order valence-corrected chi connectivity index (χ3v) is 4.78. The first-order valence-electron chi connectivity index (χ1n) is 6.56. The Hall–Kier alpha value is -1.52. The fraction of sp³-hybridized carbons (Fsp3) is 0.0588. The summed E-state index contributed by atoms with van der Waals surface area (Å²) in [4.78, 5) is 0. The van der Waals surface area contributed by atoms with Crippen molar-refractivity contribution in [2.45, 2.75) is 6.92 Å². The second-order valence-corrected chi connectivity index (χ2v) is 6.59. The van der Waals surface area contributed by atoms with Crippen molar-refractivity contribution < 1.29 is 0 Å². The smallest absolute Gasteiger partial charge is 0.0604 e. The van der Waals surface area contributed by atoms with E-state index in [1.807, 2.05) is 18.2 Å². The van der Waals surface area contributed by atoms with E-state index in [4.69, 9.17) is 5.73 Å². The lowest BCUT2D eigenvalue weighted by Crippen LogP contribution is -2.00. The van der Waals surface area contributed by atoms with Gasteiger partial charge in [0.2, 0.25) is 0 Å². The molecule has 0 aliphatic carbocycles. The quantitative estimate of drug-likeness (QED) is 0.556. The molecule has 0 bridgehead atoms. The zero-order valence-corrected chi connectivity index (χ0v) is 14.6. The number of hydrogen-bond acceptors (Lipinski definition) is 1. The van der Waals surface area contributed by atoms with Gasteiger partial charge in [0, 0.05) is 20.3 Å². The Kier molecular flexibility index (Phi) is 3.91. The molecule has 3 rings (SSSR count). The highest BCUT2D eigenvalue weighted by Gasteiger charge is 2.12. The molecule has 1 heterocycles. The molecule has 0 atom stereocenters. The van der Waals surface area contributed by atoms with E-state index in [2.05, 4.69) is 79.7 Å². The van der Waals surface area contributed by atoms with Crippen molar-refractivity contribution in [3.05, 3.63) is 69.2 Å². The fourth-order valence-corrected chi connectivity index (χ4v) is 3.58. The average Bonchev–Trinajstić information content (AvgIpc) is 2.87. The number of halogens is 2. The summed E-state index contributed by atoms with van der Waals surface area (Å²) in [6, 6.07) is 18.7. The maximum atomic E-state index is 5.99. The molecule has 0 saturated heterocycles. The Bertz CT molecular complexity index is 769. The molecular weight excluding hydrogens is 392 g/mol. The summed E-state index contributed by atoms with van der Waals surface area (Å²) in [7, 11) is 0. The van der Waals surface area contributed by atoms with Gasteiger partial charge >= 0.3 is 0 Å². The molecule has 0 saturated carbocycles. The second kappa shape index (κ2) is 5.70. The summed E-state index contributed by atoms with van der Waals surface area (Å²) in [6.07, 6.45) is 0. The lowest BCUT2D eigenvalue weighted by molar-refractivity contribution is 1.02. The van der Waals surface area contributed by atoms with Crippen molar-refractivity contribution in [3.63, 3.8) is 0 Å². The summed E-state index contributed by atoms with van der Waals surface area (Å²) in [5, 5.41) is 0. The number of hydrogen-bond donors (Lipinski definition) is 1. The third-order valence-electron chi connectivity index (χ3n) is 3.47. The molecule has 0 unspecified atom stereocenters. The van der Waals surface area contributed by atoms with Gasteiger partial charge in [-0.2, -0.15) is 0 Å². The van der Waals surface area contributed by atoms with Gasteiger partial charge in [0.1, 0.15) is 0 Å². The van der Waals surface area contributed by atoms with Crippen LogP contribution in [0.2, 0.25) is 0 Å². The van der Waals surface area contributed by atoms with E-state index >= 15 is 0 Å². The van der Waals surface area contributed by atoms with Gasteiger partial charge in [0.15, 0.2) is 0 Å². The predicted octanol–water partition coefficient (Wildman–Crippen LogP) is 5.56. The fourth-order valence-electron chi connectivity index (χ4n) is 2.42. The average molecular weight is 406 g/mol. The largest absolute Gasteiger partial charge is 0.397 e. The molecule has 3 aromatic rings. The van der Waals surface area contributed by atoms with E-state index in [0.717, 1.165) is 20.3 Å². The first-order valence-corrected chi connectivity index (χ1v) is 8.15. The van der Waals surface area contributed by atoms with Gasteiger partial charge < -0.3 is 10.3 Å². The van der Waals surface area contributed by atoms with Crippen LogP contribution in [0.3, 0.4) is 0 Å². The number of anilines is 1. The Morgan fingerprint density at radius 1 is 0.905 bits per heavy atom. The Morgan fingerprint density at radius 3 is 2.14 bits per heavy atom. The van der Waals surface area contributed by atoms with Crippen LogP contribution in [0.4, 0.5) is 5.69 Å². The molecular formula is C17H14Br2N2. The molecule has 106 valence electrons. The van der Waals surface area contributed by atoms with Gasteiger partial charge in [-0.05, 0) is 68.6 Å². The van der Waals surface area contributed by atoms with Crippen molar-refractivity contribution >= 4 is 37.5 Å². The van der Waals surface area contributed by atoms with Crippen LogP contribution in [0.5, 0.6) is 0 Å². The van der Waals surface area contributed by atoms with Gasteiger partial charge in [-0.15, -0.1) is 0 Å². The number of nitrogens with zero attached hydrogens (tertiary/aromatic N) is 1. The van der Waals surface area contributed by atoms with E-state index in [-0.39, 0.29) is 0 Å². The minimum Gasteiger partial charge on any atom is -0.397 e. The Balaban J connectivity index is 2.22. The standard InChI is InChI=1S/C17H14Br2N2/c1-11-7-8-16(12-5-3-2-4-6-12)21(11)13-9-14(18)17(20)15(19)10-13/h2-10H,20H2,1H3. The second-order valence-electron chi connectivity index (χ2n) is 4.88. The van der Waals surface area contributed by atoms with Crippen molar-refractivity contribution in [1.29, 1.82) is 0 Å². The first-order chi connectivity index (χ1) is 10.1. The van der Waals surface area contributed by atoms with Crippen molar-refractivity contribution in [1.82, 2.24) is 4.57 Å². The minimum absolute atomic E-state index is 0.713. The maximum absolute atomic E-state index is 5.99. The monoisotopic (exact) mass is 404 g/mol. The van der Waals surface area contributed by atoms with Crippen LogP contribution in [0.25, 0.3) is 16.9 Å². The predicted molar refractivity (Wildman–Crippen MR) is 95.8 cm³/mol. The zero-order chi connectivity index (χ0) is 15.0. The first kappa shape index (κ1) is 14.4. The number of nitrogens with two attached hydrogens (primary N) is 1. The third kappa shape index (κ3) is 2.65. The van der Waals surface area contributed by atoms with E-state index in [9.17, 15) is 0 Å². The van der Waals surface area contributed by atoms with E-state index < -0.39 is 0 Å². The van der Waals surface area contributed by atoms with Crippen LogP contribution in [0.1, 0.15) is 5.69 Å². The molecule has 0 aliphatic heterocycles. The van der Waals surface area contributed by atoms with Gasteiger partial charge in [0.25, 0.3) is 0 Å². The van der Waals surface area contributed by atoms with Crippen molar-refractivity contribution in [2.24, 2.45) is 0 Å². The van der Waals surface area contributed by atoms with Gasteiger partial charge in [-0.3, -0.25) is 0 Å².